The lowest BCUT2D eigenvalue weighted by atomic mass is 10.1. The Kier molecular flexibility index (Phi) is 4.07. The second-order valence-corrected chi connectivity index (χ2v) is 6.21. The van der Waals surface area contributed by atoms with Crippen LogP contribution in [-0.4, -0.2) is 32.4 Å². The van der Waals surface area contributed by atoms with E-state index in [0.29, 0.717) is 0 Å². The summed E-state index contributed by atoms with van der Waals surface area (Å²) in [5.41, 5.74) is 0. The average Bonchev–Trinajstić information content (AvgIpc) is 2.38. The van der Waals surface area contributed by atoms with Crippen molar-refractivity contribution in [3.8, 4) is 5.75 Å². The van der Waals surface area contributed by atoms with Gasteiger partial charge in [-0.05, 0) is 24.3 Å². The van der Waals surface area contributed by atoms with Crippen molar-refractivity contribution in [1.82, 2.24) is 0 Å². The molecule has 0 bridgehead atoms. The maximum Gasteiger partial charge on any atom is 0.294 e. The summed E-state index contributed by atoms with van der Waals surface area (Å²) in [5.74, 6) is 0.283. The summed E-state index contributed by atoms with van der Waals surface area (Å²) in [6.07, 6.45) is 2.12. The molecule has 0 saturated carbocycles. The molecule has 1 aliphatic rings. The number of benzene rings is 1. The summed E-state index contributed by atoms with van der Waals surface area (Å²) in [7, 11) is -7.24. The Morgan fingerprint density at radius 2 is 1.80 bits per heavy atom. The van der Waals surface area contributed by atoms with Crippen LogP contribution in [0.4, 0.5) is 0 Å². The molecule has 6 nitrogen and oxygen atoms in total. The van der Waals surface area contributed by atoms with Gasteiger partial charge >= 0.3 is 0 Å². The molecule has 1 aliphatic carbocycles. The highest BCUT2D eigenvalue weighted by atomic mass is 32.2. The molecule has 0 saturated heterocycles. The zero-order valence-corrected chi connectivity index (χ0v) is 11.6. The van der Waals surface area contributed by atoms with Crippen LogP contribution < -0.4 is 4.74 Å². The van der Waals surface area contributed by atoms with Crippen LogP contribution in [0.1, 0.15) is 0 Å². The monoisotopic (exact) mass is 314 g/mol. The Hall–Kier alpha value is -1.90. The van der Waals surface area contributed by atoms with Gasteiger partial charge in [0.15, 0.2) is 6.10 Å². The van der Waals surface area contributed by atoms with Gasteiger partial charge in [-0.2, -0.15) is 16.8 Å². The molecular weight excluding hydrogens is 304 g/mol. The van der Waals surface area contributed by atoms with Crippen molar-refractivity contribution in [2.75, 3.05) is 0 Å². The molecule has 106 valence electrons. The number of para-hydroxylation sites is 1. The molecule has 1 N–H and O–H groups in total. The molecular formula is C12H10O6S2. The van der Waals surface area contributed by atoms with Crippen molar-refractivity contribution in [3.63, 3.8) is 0 Å². The Morgan fingerprint density at radius 1 is 1.15 bits per heavy atom. The summed E-state index contributed by atoms with van der Waals surface area (Å²) in [6.45, 7) is 0. The van der Waals surface area contributed by atoms with Gasteiger partial charge in [-0.15, -0.1) is 0 Å². The van der Waals surface area contributed by atoms with E-state index in [0.717, 1.165) is 6.08 Å². The van der Waals surface area contributed by atoms with Gasteiger partial charge in [0.05, 0.1) is 0 Å². The topological polar surface area (TPSA) is 97.7 Å². The highest BCUT2D eigenvalue weighted by molar-refractivity contribution is 7.90. The zero-order chi connectivity index (χ0) is 14.8. The van der Waals surface area contributed by atoms with Gasteiger partial charge in [0.2, 0.25) is 10.3 Å². The Labute approximate surface area is 117 Å². The SMILES string of the molecule is O=S(=O)=C1C=CC=C(S(=O)(=O)O)C1Oc1ccccc1. The van der Waals surface area contributed by atoms with E-state index < -0.39 is 31.4 Å². The molecule has 8 heteroatoms. The maximum atomic E-state index is 11.3. The van der Waals surface area contributed by atoms with E-state index in [1.807, 2.05) is 0 Å². The first-order valence-corrected chi connectivity index (χ1v) is 7.94. The molecule has 1 atom stereocenters. The highest BCUT2D eigenvalue weighted by Crippen LogP contribution is 2.22. The van der Waals surface area contributed by atoms with Gasteiger partial charge in [0.1, 0.15) is 15.5 Å². The molecule has 0 fully saturated rings. The van der Waals surface area contributed by atoms with Crippen LogP contribution in [0.5, 0.6) is 5.75 Å². The van der Waals surface area contributed by atoms with Crippen molar-refractivity contribution in [3.05, 3.63) is 53.5 Å². The zero-order valence-electron chi connectivity index (χ0n) is 10.0. The third-order valence-corrected chi connectivity index (χ3v) is 4.21. The maximum absolute atomic E-state index is 11.3. The van der Waals surface area contributed by atoms with Crippen LogP contribution in [0.3, 0.4) is 0 Å². The number of hydrogen-bond acceptors (Lipinski definition) is 5. The summed E-state index contributed by atoms with van der Waals surface area (Å²) in [5, 5.41) is 0. The first kappa shape index (κ1) is 14.5. The minimum absolute atomic E-state index is 0.274. The third-order valence-electron chi connectivity index (χ3n) is 2.53. The van der Waals surface area contributed by atoms with Crippen LogP contribution in [0.25, 0.3) is 0 Å². The fourth-order valence-corrected chi connectivity index (χ4v) is 2.98. The van der Waals surface area contributed by atoms with Crippen LogP contribution in [0.15, 0.2) is 53.5 Å². The molecule has 0 heterocycles. The Bertz CT molecular complexity index is 793. The number of hydrogen-bond donors (Lipinski definition) is 1. The van der Waals surface area contributed by atoms with Crippen LogP contribution in [0, 0.1) is 0 Å². The van der Waals surface area contributed by atoms with Gasteiger partial charge < -0.3 is 4.74 Å². The van der Waals surface area contributed by atoms with Gasteiger partial charge in [0.25, 0.3) is 10.1 Å². The van der Waals surface area contributed by atoms with Gasteiger partial charge in [0, 0.05) is 0 Å². The summed E-state index contributed by atoms with van der Waals surface area (Å²) in [4.78, 5) is -0.799. The van der Waals surface area contributed by atoms with Gasteiger partial charge in [-0.3, -0.25) is 4.55 Å². The molecule has 1 aromatic carbocycles. The molecule has 20 heavy (non-hydrogen) atoms. The smallest absolute Gasteiger partial charge is 0.294 e. The predicted molar refractivity (Wildman–Crippen MR) is 73.6 cm³/mol. The lowest BCUT2D eigenvalue weighted by Crippen LogP contribution is -2.33. The van der Waals surface area contributed by atoms with Crippen molar-refractivity contribution in [2.45, 2.75) is 6.10 Å². The van der Waals surface area contributed by atoms with Gasteiger partial charge in [-0.25, -0.2) is 0 Å². The second kappa shape index (κ2) is 5.61. The lowest BCUT2D eigenvalue weighted by Gasteiger charge is -2.21. The summed E-state index contributed by atoms with van der Waals surface area (Å²) < 4.78 is 59.5. The molecule has 0 amide bonds. The second-order valence-electron chi connectivity index (χ2n) is 3.85. The van der Waals surface area contributed by atoms with E-state index in [1.54, 1.807) is 30.3 Å². The van der Waals surface area contributed by atoms with Crippen molar-refractivity contribution < 1.29 is 26.1 Å². The highest BCUT2D eigenvalue weighted by Gasteiger charge is 2.32. The Morgan fingerprint density at radius 3 is 2.35 bits per heavy atom. The summed E-state index contributed by atoms with van der Waals surface area (Å²) >= 11 is 0. The molecule has 1 unspecified atom stereocenters. The van der Waals surface area contributed by atoms with E-state index in [-0.39, 0.29) is 10.6 Å². The largest absolute Gasteiger partial charge is 0.479 e. The number of allylic oxidation sites excluding steroid dienone is 2. The van der Waals surface area contributed by atoms with Crippen LogP contribution >= 0.6 is 0 Å². The average molecular weight is 314 g/mol. The molecule has 0 radical (unpaired) electrons. The van der Waals surface area contributed by atoms with E-state index >= 15 is 0 Å². The first-order chi connectivity index (χ1) is 9.39. The number of rotatable bonds is 3. The van der Waals surface area contributed by atoms with E-state index in [2.05, 4.69) is 0 Å². The molecule has 0 aliphatic heterocycles. The molecule has 0 spiro atoms. The van der Waals surface area contributed by atoms with Gasteiger partial charge in [-0.1, -0.05) is 24.3 Å². The van der Waals surface area contributed by atoms with E-state index in [9.17, 15) is 16.8 Å². The lowest BCUT2D eigenvalue weighted by molar-refractivity contribution is 0.307. The molecule has 0 aromatic heterocycles. The minimum Gasteiger partial charge on any atom is -0.479 e. The van der Waals surface area contributed by atoms with Crippen molar-refractivity contribution in [2.24, 2.45) is 0 Å². The summed E-state index contributed by atoms with van der Waals surface area (Å²) in [6, 6.07) is 8.12. The van der Waals surface area contributed by atoms with Crippen LogP contribution in [-0.2, 0) is 20.4 Å². The van der Waals surface area contributed by atoms with E-state index in [1.165, 1.54) is 12.2 Å². The van der Waals surface area contributed by atoms with Crippen molar-refractivity contribution in [1.29, 1.82) is 0 Å². The molecule has 2 rings (SSSR count). The standard InChI is InChI=1S/C12H10O6S2/c13-19(14)10-7-4-8-11(20(15,16)17)12(10)18-9-5-2-1-3-6-9/h1-8,12H,(H,15,16,17). The molecule has 1 aromatic rings. The van der Waals surface area contributed by atoms with Crippen LogP contribution in [0.2, 0.25) is 0 Å². The minimum atomic E-state index is -4.57. The third kappa shape index (κ3) is 3.16. The normalized spacial score (nSPS) is 18.6. The first-order valence-electron chi connectivity index (χ1n) is 5.43. The number of ether oxygens (including phenoxy) is 1. The fraction of sp³-hybridized carbons (Fsp3) is 0.0833. The van der Waals surface area contributed by atoms with Crippen molar-refractivity contribution >= 4 is 25.3 Å². The fourth-order valence-electron chi connectivity index (χ4n) is 1.67. The van der Waals surface area contributed by atoms with E-state index in [4.69, 9.17) is 9.29 Å². The Balaban J connectivity index is 2.51. The predicted octanol–water partition coefficient (Wildman–Crippen LogP) is 0.827. The quantitative estimate of drug-likeness (QED) is 0.655.